The van der Waals surface area contributed by atoms with Gasteiger partial charge in [-0.1, -0.05) is 0 Å². The average molecular weight is 216 g/mol. The molecular formula is C12H12N2S. The van der Waals surface area contributed by atoms with E-state index in [1.54, 1.807) is 11.3 Å². The molecule has 0 bridgehead atoms. The standard InChI is InChI=1S/C12H12N2S/c1-8-7-15-12(11(8)6-13)14-9(2)4-5-10(14)3/h4-5,7H,1-3H3. The summed E-state index contributed by atoms with van der Waals surface area (Å²) >= 11 is 1.63. The SMILES string of the molecule is Cc1csc(-n2c(C)ccc2C)c1C#N. The Morgan fingerprint density at radius 3 is 2.33 bits per heavy atom. The van der Waals surface area contributed by atoms with E-state index in [2.05, 4.69) is 36.6 Å². The molecule has 0 aliphatic rings. The highest BCUT2D eigenvalue weighted by atomic mass is 32.1. The summed E-state index contributed by atoms with van der Waals surface area (Å²) in [7, 11) is 0. The summed E-state index contributed by atoms with van der Waals surface area (Å²) < 4.78 is 2.14. The third-order valence-corrected chi connectivity index (χ3v) is 3.62. The van der Waals surface area contributed by atoms with Gasteiger partial charge in [-0.15, -0.1) is 11.3 Å². The Bertz CT molecular complexity index is 521. The zero-order valence-electron chi connectivity index (χ0n) is 9.03. The number of hydrogen-bond acceptors (Lipinski definition) is 2. The van der Waals surface area contributed by atoms with Gasteiger partial charge in [-0.25, -0.2) is 0 Å². The van der Waals surface area contributed by atoms with Crippen LogP contribution in [0.3, 0.4) is 0 Å². The van der Waals surface area contributed by atoms with Gasteiger partial charge in [-0.2, -0.15) is 5.26 Å². The van der Waals surface area contributed by atoms with Crippen LogP contribution in [0.2, 0.25) is 0 Å². The molecule has 0 spiro atoms. The molecule has 2 aromatic heterocycles. The minimum absolute atomic E-state index is 0.794. The van der Waals surface area contributed by atoms with Crippen molar-refractivity contribution in [3.63, 3.8) is 0 Å². The second-order valence-electron chi connectivity index (χ2n) is 3.66. The fourth-order valence-electron chi connectivity index (χ4n) is 1.72. The molecule has 0 radical (unpaired) electrons. The van der Waals surface area contributed by atoms with Gasteiger partial charge in [-0.3, -0.25) is 0 Å². The first-order valence-electron chi connectivity index (χ1n) is 4.78. The first kappa shape index (κ1) is 10.0. The van der Waals surface area contributed by atoms with E-state index in [0.29, 0.717) is 0 Å². The molecule has 0 aliphatic heterocycles. The van der Waals surface area contributed by atoms with Gasteiger partial charge in [0.15, 0.2) is 0 Å². The van der Waals surface area contributed by atoms with Crippen LogP contribution < -0.4 is 0 Å². The van der Waals surface area contributed by atoms with Crippen molar-refractivity contribution in [2.24, 2.45) is 0 Å². The number of nitrogens with zero attached hydrogens (tertiary/aromatic N) is 2. The molecule has 0 unspecified atom stereocenters. The predicted octanol–water partition coefficient (Wildman–Crippen LogP) is 3.34. The van der Waals surface area contributed by atoms with Crippen molar-refractivity contribution in [1.82, 2.24) is 4.57 Å². The van der Waals surface area contributed by atoms with E-state index in [4.69, 9.17) is 5.26 Å². The molecule has 0 saturated carbocycles. The van der Waals surface area contributed by atoms with Gasteiger partial charge in [0, 0.05) is 11.4 Å². The Kier molecular flexibility index (Phi) is 2.37. The minimum atomic E-state index is 0.794. The van der Waals surface area contributed by atoms with Gasteiger partial charge >= 0.3 is 0 Å². The number of aryl methyl sites for hydroxylation is 3. The Hall–Kier alpha value is -1.53. The lowest BCUT2D eigenvalue weighted by atomic mass is 10.2. The van der Waals surface area contributed by atoms with E-state index in [0.717, 1.165) is 16.1 Å². The van der Waals surface area contributed by atoms with E-state index >= 15 is 0 Å². The number of rotatable bonds is 1. The Balaban J connectivity index is 2.70. The summed E-state index contributed by atoms with van der Waals surface area (Å²) in [5, 5.41) is 12.2. The fraction of sp³-hybridized carbons (Fsp3) is 0.250. The molecule has 0 aliphatic carbocycles. The van der Waals surface area contributed by atoms with Crippen molar-refractivity contribution in [2.45, 2.75) is 20.8 Å². The van der Waals surface area contributed by atoms with E-state index in [1.807, 2.05) is 12.3 Å². The quantitative estimate of drug-likeness (QED) is 0.718. The molecule has 76 valence electrons. The van der Waals surface area contributed by atoms with Gasteiger partial charge in [0.1, 0.15) is 11.1 Å². The maximum Gasteiger partial charge on any atom is 0.118 e. The predicted molar refractivity (Wildman–Crippen MR) is 62.6 cm³/mol. The molecule has 0 saturated heterocycles. The lowest BCUT2D eigenvalue weighted by Crippen LogP contribution is -1.98. The Morgan fingerprint density at radius 2 is 1.80 bits per heavy atom. The summed E-state index contributed by atoms with van der Waals surface area (Å²) in [5.41, 5.74) is 4.20. The van der Waals surface area contributed by atoms with Gasteiger partial charge in [-0.05, 0) is 43.8 Å². The van der Waals surface area contributed by atoms with Crippen LogP contribution in [0.4, 0.5) is 0 Å². The van der Waals surface area contributed by atoms with Gasteiger partial charge in [0.2, 0.25) is 0 Å². The topological polar surface area (TPSA) is 28.7 Å². The summed E-state index contributed by atoms with van der Waals surface area (Å²) in [4.78, 5) is 0. The number of nitriles is 1. The van der Waals surface area contributed by atoms with Crippen LogP contribution in [0, 0.1) is 32.1 Å². The van der Waals surface area contributed by atoms with Gasteiger partial charge < -0.3 is 4.57 Å². The van der Waals surface area contributed by atoms with Crippen LogP contribution in [0.25, 0.3) is 5.00 Å². The van der Waals surface area contributed by atoms with E-state index < -0.39 is 0 Å². The summed E-state index contributed by atoms with van der Waals surface area (Å²) in [5.74, 6) is 0. The molecule has 0 atom stereocenters. The van der Waals surface area contributed by atoms with Crippen molar-refractivity contribution in [3.8, 4) is 11.1 Å². The summed E-state index contributed by atoms with van der Waals surface area (Å²) in [6.45, 7) is 6.10. The van der Waals surface area contributed by atoms with Crippen LogP contribution in [-0.4, -0.2) is 4.57 Å². The molecular weight excluding hydrogens is 204 g/mol. The molecule has 15 heavy (non-hydrogen) atoms. The van der Waals surface area contributed by atoms with Crippen molar-refractivity contribution in [1.29, 1.82) is 5.26 Å². The molecule has 2 rings (SSSR count). The van der Waals surface area contributed by atoms with E-state index in [1.165, 1.54) is 11.4 Å². The maximum atomic E-state index is 9.11. The number of aromatic nitrogens is 1. The molecule has 0 aromatic carbocycles. The molecule has 2 aromatic rings. The Labute approximate surface area is 93.4 Å². The first-order valence-corrected chi connectivity index (χ1v) is 5.66. The third-order valence-electron chi connectivity index (χ3n) is 2.54. The van der Waals surface area contributed by atoms with Crippen LogP contribution in [-0.2, 0) is 0 Å². The van der Waals surface area contributed by atoms with Gasteiger partial charge in [0.05, 0.1) is 5.56 Å². The van der Waals surface area contributed by atoms with Crippen molar-refractivity contribution in [3.05, 3.63) is 40.0 Å². The number of thiophene rings is 1. The zero-order chi connectivity index (χ0) is 11.0. The highest BCUT2D eigenvalue weighted by Crippen LogP contribution is 2.28. The largest absolute Gasteiger partial charge is 0.309 e. The van der Waals surface area contributed by atoms with E-state index in [9.17, 15) is 0 Å². The third kappa shape index (κ3) is 1.47. The van der Waals surface area contributed by atoms with Crippen LogP contribution >= 0.6 is 11.3 Å². The Morgan fingerprint density at radius 1 is 1.20 bits per heavy atom. The first-order chi connectivity index (χ1) is 7.15. The molecule has 0 amide bonds. The number of hydrogen-bond donors (Lipinski definition) is 0. The lowest BCUT2D eigenvalue weighted by molar-refractivity contribution is 0.981. The minimum Gasteiger partial charge on any atom is -0.309 e. The zero-order valence-corrected chi connectivity index (χ0v) is 9.85. The van der Waals surface area contributed by atoms with E-state index in [-0.39, 0.29) is 0 Å². The summed E-state index contributed by atoms with van der Waals surface area (Å²) in [6.07, 6.45) is 0. The second-order valence-corrected chi connectivity index (χ2v) is 4.52. The molecule has 0 fully saturated rings. The average Bonchev–Trinajstić information content (AvgIpc) is 2.71. The highest BCUT2D eigenvalue weighted by Gasteiger charge is 2.12. The van der Waals surface area contributed by atoms with Gasteiger partial charge in [0.25, 0.3) is 0 Å². The molecule has 2 heterocycles. The normalized spacial score (nSPS) is 10.3. The van der Waals surface area contributed by atoms with Crippen LogP contribution in [0.1, 0.15) is 22.5 Å². The molecule has 3 heteroatoms. The fourth-order valence-corrected chi connectivity index (χ4v) is 2.84. The maximum absolute atomic E-state index is 9.11. The lowest BCUT2D eigenvalue weighted by Gasteiger charge is -2.06. The van der Waals surface area contributed by atoms with Crippen LogP contribution in [0.15, 0.2) is 17.5 Å². The molecule has 2 nitrogen and oxygen atoms in total. The second kappa shape index (κ2) is 3.56. The van der Waals surface area contributed by atoms with Crippen molar-refractivity contribution < 1.29 is 0 Å². The monoisotopic (exact) mass is 216 g/mol. The summed E-state index contributed by atoms with van der Waals surface area (Å²) in [6, 6.07) is 6.43. The smallest absolute Gasteiger partial charge is 0.118 e. The highest BCUT2D eigenvalue weighted by molar-refractivity contribution is 7.13. The van der Waals surface area contributed by atoms with Crippen molar-refractivity contribution in [2.75, 3.05) is 0 Å². The van der Waals surface area contributed by atoms with Crippen molar-refractivity contribution >= 4 is 11.3 Å². The molecule has 0 N–H and O–H groups in total. The van der Waals surface area contributed by atoms with Crippen LogP contribution in [0.5, 0.6) is 0 Å².